The molecule has 1 N–H and O–H groups in total. The van der Waals surface area contributed by atoms with E-state index in [-0.39, 0.29) is 11.9 Å². The van der Waals surface area contributed by atoms with Crippen molar-refractivity contribution in [3.05, 3.63) is 58.4 Å². The summed E-state index contributed by atoms with van der Waals surface area (Å²) in [7, 11) is 1.64. The number of aryl methyl sites for hydroxylation is 2. The molecule has 1 aliphatic rings. The number of aromatic amines is 1. The van der Waals surface area contributed by atoms with E-state index in [9.17, 15) is 4.79 Å². The molecule has 8 nitrogen and oxygen atoms in total. The van der Waals surface area contributed by atoms with E-state index >= 15 is 0 Å². The first-order valence-electron chi connectivity index (χ1n) is 9.32. The van der Waals surface area contributed by atoms with Crippen molar-refractivity contribution in [2.45, 2.75) is 46.3 Å². The molecule has 3 heterocycles. The minimum Gasteiger partial charge on any atom is -0.497 e. The molecule has 1 atom stereocenters. The standard InChI is InChI=1S/C20H24N6O2/c1-12-17(13(2)22-21-12)9-18-23-24-19-11-25(20(27)14(3)26(18)19)10-15-5-7-16(28-4)8-6-15/h5-8,14H,9-11H2,1-4H3,(H,21,22)/t14-/m0/s1. The van der Waals surface area contributed by atoms with Crippen molar-refractivity contribution in [3.8, 4) is 5.75 Å². The van der Waals surface area contributed by atoms with Gasteiger partial charge < -0.3 is 14.2 Å². The molecule has 0 fully saturated rings. The molecule has 1 aromatic carbocycles. The van der Waals surface area contributed by atoms with Gasteiger partial charge in [0.25, 0.3) is 0 Å². The second-order valence-corrected chi connectivity index (χ2v) is 7.21. The van der Waals surface area contributed by atoms with Crippen LogP contribution in [0, 0.1) is 13.8 Å². The Morgan fingerprint density at radius 1 is 1.21 bits per heavy atom. The van der Waals surface area contributed by atoms with Gasteiger partial charge in [0.05, 0.1) is 19.3 Å². The summed E-state index contributed by atoms with van der Waals surface area (Å²) in [6.07, 6.45) is 0.608. The lowest BCUT2D eigenvalue weighted by Gasteiger charge is -2.32. The number of amides is 1. The summed E-state index contributed by atoms with van der Waals surface area (Å²) in [6.45, 7) is 6.86. The highest BCUT2D eigenvalue weighted by Crippen LogP contribution is 2.26. The summed E-state index contributed by atoms with van der Waals surface area (Å²) in [6, 6.07) is 7.43. The summed E-state index contributed by atoms with van der Waals surface area (Å²) in [5.41, 5.74) is 4.13. The topological polar surface area (TPSA) is 88.9 Å². The molecule has 1 amide bonds. The van der Waals surface area contributed by atoms with Gasteiger partial charge in [0.1, 0.15) is 17.6 Å². The van der Waals surface area contributed by atoms with Crippen LogP contribution in [0.2, 0.25) is 0 Å². The van der Waals surface area contributed by atoms with Crippen LogP contribution in [-0.2, 0) is 24.3 Å². The molecule has 0 radical (unpaired) electrons. The normalized spacial score (nSPS) is 16.4. The number of H-pyrrole nitrogens is 1. The third kappa shape index (κ3) is 3.15. The lowest BCUT2D eigenvalue weighted by molar-refractivity contribution is -0.137. The molecule has 146 valence electrons. The molecule has 8 heteroatoms. The van der Waals surface area contributed by atoms with Crippen LogP contribution in [0.4, 0.5) is 0 Å². The van der Waals surface area contributed by atoms with Crippen molar-refractivity contribution >= 4 is 5.91 Å². The second-order valence-electron chi connectivity index (χ2n) is 7.21. The maximum absolute atomic E-state index is 13.0. The van der Waals surface area contributed by atoms with Gasteiger partial charge in [-0.1, -0.05) is 12.1 Å². The number of hydrogen-bond acceptors (Lipinski definition) is 5. The Labute approximate surface area is 163 Å². The monoisotopic (exact) mass is 380 g/mol. The minimum atomic E-state index is -0.334. The van der Waals surface area contributed by atoms with Gasteiger partial charge in [-0.2, -0.15) is 5.10 Å². The van der Waals surface area contributed by atoms with Crippen molar-refractivity contribution in [1.29, 1.82) is 0 Å². The van der Waals surface area contributed by atoms with Crippen molar-refractivity contribution in [3.63, 3.8) is 0 Å². The first-order valence-corrected chi connectivity index (χ1v) is 9.32. The minimum absolute atomic E-state index is 0.0741. The molecule has 0 bridgehead atoms. The van der Waals surface area contributed by atoms with Gasteiger partial charge >= 0.3 is 0 Å². The van der Waals surface area contributed by atoms with Crippen LogP contribution in [0.25, 0.3) is 0 Å². The van der Waals surface area contributed by atoms with Gasteiger partial charge in [-0.25, -0.2) is 0 Å². The number of nitrogens with one attached hydrogen (secondary N) is 1. The molecular weight excluding hydrogens is 356 g/mol. The molecule has 0 aliphatic carbocycles. The van der Waals surface area contributed by atoms with E-state index in [1.54, 1.807) is 7.11 Å². The first kappa shape index (κ1) is 18.2. The third-order valence-corrected chi connectivity index (χ3v) is 5.37. The van der Waals surface area contributed by atoms with Crippen molar-refractivity contribution in [2.24, 2.45) is 0 Å². The fraction of sp³-hybridized carbons (Fsp3) is 0.400. The highest BCUT2D eigenvalue weighted by molar-refractivity contribution is 5.81. The largest absolute Gasteiger partial charge is 0.497 e. The van der Waals surface area contributed by atoms with Gasteiger partial charge in [-0.15, -0.1) is 10.2 Å². The molecule has 2 aromatic heterocycles. The van der Waals surface area contributed by atoms with Crippen LogP contribution in [0.1, 0.15) is 47.1 Å². The quantitative estimate of drug-likeness (QED) is 0.734. The van der Waals surface area contributed by atoms with Crippen molar-refractivity contribution in [2.75, 3.05) is 7.11 Å². The number of carbonyl (C=O) groups excluding carboxylic acids is 1. The average Bonchev–Trinajstić information content (AvgIpc) is 3.24. The zero-order chi connectivity index (χ0) is 19.8. The summed E-state index contributed by atoms with van der Waals surface area (Å²) in [4.78, 5) is 14.8. The van der Waals surface area contributed by atoms with E-state index in [4.69, 9.17) is 4.74 Å². The maximum Gasteiger partial charge on any atom is 0.246 e. The molecule has 0 saturated heterocycles. The van der Waals surface area contributed by atoms with Gasteiger partial charge in [0.15, 0.2) is 5.82 Å². The van der Waals surface area contributed by atoms with E-state index < -0.39 is 0 Å². The Morgan fingerprint density at radius 3 is 2.61 bits per heavy atom. The summed E-state index contributed by atoms with van der Waals surface area (Å²) < 4.78 is 7.17. The maximum atomic E-state index is 13.0. The van der Waals surface area contributed by atoms with Gasteiger partial charge in [-0.3, -0.25) is 9.89 Å². The fourth-order valence-corrected chi connectivity index (χ4v) is 3.74. The summed E-state index contributed by atoms with van der Waals surface area (Å²) in [5, 5.41) is 16.0. The van der Waals surface area contributed by atoms with Crippen molar-refractivity contribution < 1.29 is 9.53 Å². The van der Waals surface area contributed by atoms with Crippen LogP contribution in [0.3, 0.4) is 0 Å². The number of nitrogens with zero attached hydrogens (tertiary/aromatic N) is 5. The fourth-order valence-electron chi connectivity index (χ4n) is 3.74. The Balaban J connectivity index is 1.57. The Bertz CT molecular complexity index is 985. The zero-order valence-corrected chi connectivity index (χ0v) is 16.6. The lowest BCUT2D eigenvalue weighted by atomic mass is 10.1. The number of rotatable bonds is 5. The SMILES string of the molecule is COc1ccc(CN2Cc3nnc(Cc4c(C)n[nH]c4C)n3[C@@H](C)C2=O)cc1. The first-order chi connectivity index (χ1) is 13.5. The van der Waals surface area contributed by atoms with E-state index in [1.807, 2.05) is 54.5 Å². The van der Waals surface area contributed by atoms with E-state index in [1.165, 1.54) is 0 Å². The molecule has 1 aliphatic heterocycles. The Morgan fingerprint density at radius 2 is 1.96 bits per heavy atom. The smallest absolute Gasteiger partial charge is 0.246 e. The van der Waals surface area contributed by atoms with Crippen molar-refractivity contribution in [1.82, 2.24) is 29.9 Å². The van der Waals surface area contributed by atoms with Crippen LogP contribution >= 0.6 is 0 Å². The van der Waals surface area contributed by atoms with Crippen LogP contribution in [-0.4, -0.2) is 42.9 Å². The zero-order valence-electron chi connectivity index (χ0n) is 16.6. The average molecular weight is 380 g/mol. The molecule has 0 unspecified atom stereocenters. The highest BCUT2D eigenvalue weighted by atomic mass is 16.5. The number of ether oxygens (including phenoxy) is 1. The molecule has 0 spiro atoms. The van der Waals surface area contributed by atoms with E-state index in [2.05, 4.69) is 20.4 Å². The number of hydrogen-bond donors (Lipinski definition) is 1. The van der Waals surface area contributed by atoms with Gasteiger partial charge in [-0.05, 0) is 38.5 Å². The van der Waals surface area contributed by atoms with E-state index in [0.29, 0.717) is 19.5 Å². The number of carbonyl (C=O) groups is 1. The molecular formula is C20H24N6O2. The second kappa shape index (κ2) is 7.10. The summed E-state index contributed by atoms with van der Waals surface area (Å²) in [5.74, 6) is 2.49. The predicted octanol–water partition coefficient (Wildman–Crippen LogP) is 2.32. The van der Waals surface area contributed by atoms with Gasteiger partial charge in [0.2, 0.25) is 5.91 Å². The number of benzene rings is 1. The Hall–Kier alpha value is -3.16. The molecule has 28 heavy (non-hydrogen) atoms. The number of fused-ring (bicyclic) bond motifs is 1. The van der Waals surface area contributed by atoms with E-state index in [0.717, 1.165) is 39.9 Å². The van der Waals surface area contributed by atoms with Crippen LogP contribution < -0.4 is 4.74 Å². The lowest BCUT2D eigenvalue weighted by Crippen LogP contribution is -2.41. The molecule has 0 saturated carbocycles. The van der Waals surface area contributed by atoms with Crippen LogP contribution in [0.5, 0.6) is 5.75 Å². The van der Waals surface area contributed by atoms with Crippen LogP contribution in [0.15, 0.2) is 24.3 Å². The number of methoxy groups -OCH3 is 1. The Kier molecular flexibility index (Phi) is 4.62. The number of aromatic nitrogens is 5. The third-order valence-electron chi connectivity index (χ3n) is 5.37. The molecule has 3 aromatic rings. The highest BCUT2D eigenvalue weighted by Gasteiger charge is 2.33. The molecule has 4 rings (SSSR count). The predicted molar refractivity (Wildman–Crippen MR) is 103 cm³/mol. The summed E-state index contributed by atoms with van der Waals surface area (Å²) >= 11 is 0. The van der Waals surface area contributed by atoms with Gasteiger partial charge in [0, 0.05) is 24.2 Å².